The summed E-state index contributed by atoms with van der Waals surface area (Å²) < 4.78 is 11.0. The Morgan fingerprint density at radius 1 is 1.24 bits per heavy atom. The molecule has 0 bridgehead atoms. The Labute approximate surface area is 129 Å². The van der Waals surface area contributed by atoms with Crippen LogP contribution in [0.25, 0.3) is 0 Å². The highest BCUT2D eigenvalue weighted by Gasteiger charge is 2.27. The zero-order valence-electron chi connectivity index (χ0n) is 12.1. The van der Waals surface area contributed by atoms with E-state index in [2.05, 4.69) is 18.3 Å². The molecule has 1 heterocycles. The van der Waals surface area contributed by atoms with Crippen molar-refractivity contribution < 1.29 is 9.47 Å². The van der Waals surface area contributed by atoms with Crippen LogP contribution >= 0.6 is 11.6 Å². The van der Waals surface area contributed by atoms with Crippen LogP contribution in [0, 0.1) is 5.92 Å². The Kier molecular flexibility index (Phi) is 3.93. The van der Waals surface area contributed by atoms with Crippen LogP contribution in [-0.4, -0.2) is 13.7 Å². The van der Waals surface area contributed by atoms with Crippen molar-refractivity contribution in [2.75, 3.05) is 19.0 Å². The van der Waals surface area contributed by atoms with E-state index in [0.29, 0.717) is 23.3 Å². The third-order valence-corrected chi connectivity index (χ3v) is 4.09. The Balaban J connectivity index is 1.89. The molecule has 0 amide bonds. The van der Waals surface area contributed by atoms with Crippen LogP contribution in [0.4, 0.5) is 5.69 Å². The fourth-order valence-electron chi connectivity index (χ4n) is 2.65. The number of methoxy groups -OCH3 is 1. The van der Waals surface area contributed by atoms with Gasteiger partial charge in [-0.15, -0.1) is 0 Å². The van der Waals surface area contributed by atoms with E-state index in [4.69, 9.17) is 21.1 Å². The maximum Gasteiger partial charge on any atom is 0.137 e. The summed E-state index contributed by atoms with van der Waals surface area (Å²) in [5.74, 6) is 2.01. The van der Waals surface area contributed by atoms with E-state index in [9.17, 15) is 0 Å². The first-order valence-electron chi connectivity index (χ1n) is 7.01. The summed E-state index contributed by atoms with van der Waals surface area (Å²) in [5, 5.41) is 4.17. The lowest BCUT2D eigenvalue weighted by Crippen LogP contribution is -2.28. The predicted molar refractivity (Wildman–Crippen MR) is 85.5 cm³/mol. The normalized spacial score (nSPS) is 20.3. The monoisotopic (exact) mass is 303 g/mol. The highest BCUT2D eigenvalue weighted by molar-refractivity contribution is 6.32. The molecule has 3 rings (SSSR count). The van der Waals surface area contributed by atoms with Gasteiger partial charge in [0.25, 0.3) is 0 Å². The maximum atomic E-state index is 6.19. The van der Waals surface area contributed by atoms with Crippen molar-refractivity contribution in [1.29, 1.82) is 0 Å². The molecule has 1 aliphatic rings. The van der Waals surface area contributed by atoms with Gasteiger partial charge in [0, 0.05) is 17.2 Å². The standard InChI is InChI=1S/C17H18ClNO2/c1-11-10-21-15-6-4-3-5-13(15)17(11)19-12-7-8-16(20-2)14(18)9-12/h3-9,11,17,19H,10H2,1-2H3. The summed E-state index contributed by atoms with van der Waals surface area (Å²) in [5.41, 5.74) is 2.16. The van der Waals surface area contributed by atoms with E-state index in [-0.39, 0.29) is 6.04 Å². The predicted octanol–water partition coefficient (Wildman–Crippen LogP) is 4.53. The second-order valence-corrected chi connectivity index (χ2v) is 5.70. The first-order chi connectivity index (χ1) is 10.2. The van der Waals surface area contributed by atoms with Crippen LogP contribution in [0.3, 0.4) is 0 Å². The topological polar surface area (TPSA) is 30.5 Å². The van der Waals surface area contributed by atoms with Gasteiger partial charge in [0.1, 0.15) is 11.5 Å². The molecule has 4 heteroatoms. The molecule has 110 valence electrons. The molecule has 0 aliphatic carbocycles. The summed E-state index contributed by atoms with van der Waals surface area (Å²) in [7, 11) is 1.62. The molecule has 0 fully saturated rings. The molecule has 1 aliphatic heterocycles. The van der Waals surface area contributed by atoms with Gasteiger partial charge in [-0.1, -0.05) is 36.7 Å². The van der Waals surface area contributed by atoms with Crippen molar-refractivity contribution >= 4 is 17.3 Å². The lowest BCUT2D eigenvalue weighted by molar-refractivity contribution is 0.214. The van der Waals surface area contributed by atoms with Crippen LogP contribution in [0.2, 0.25) is 5.02 Å². The Morgan fingerprint density at radius 3 is 2.81 bits per heavy atom. The molecule has 0 spiro atoms. The van der Waals surface area contributed by atoms with Crippen molar-refractivity contribution in [1.82, 2.24) is 0 Å². The van der Waals surface area contributed by atoms with Crippen molar-refractivity contribution in [3.63, 3.8) is 0 Å². The molecule has 0 radical (unpaired) electrons. The fourth-order valence-corrected chi connectivity index (χ4v) is 2.91. The second kappa shape index (κ2) is 5.86. The quantitative estimate of drug-likeness (QED) is 0.903. The zero-order chi connectivity index (χ0) is 14.8. The van der Waals surface area contributed by atoms with Gasteiger partial charge < -0.3 is 14.8 Å². The highest BCUT2D eigenvalue weighted by atomic mass is 35.5. The Bertz CT molecular complexity index is 644. The van der Waals surface area contributed by atoms with Gasteiger partial charge in [0.2, 0.25) is 0 Å². The number of ether oxygens (including phenoxy) is 2. The van der Waals surface area contributed by atoms with Crippen LogP contribution < -0.4 is 14.8 Å². The van der Waals surface area contributed by atoms with Gasteiger partial charge in [0.05, 0.1) is 24.8 Å². The van der Waals surface area contributed by atoms with E-state index in [1.54, 1.807) is 7.11 Å². The summed E-state index contributed by atoms with van der Waals surface area (Å²) in [6, 6.07) is 14.1. The molecule has 2 aromatic carbocycles. The van der Waals surface area contributed by atoms with E-state index in [0.717, 1.165) is 11.4 Å². The zero-order valence-corrected chi connectivity index (χ0v) is 12.9. The lowest BCUT2D eigenvalue weighted by Gasteiger charge is -2.32. The number of hydrogen-bond donors (Lipinski definition) is 1. The molecule has 3 nitrogen and oxygen atoms in total. The van der Waals surface area contributed by atoms with Crippen molar-refractivity contribution in [2.24, 2.45) is 5.92 Å². The highest BCUT2D eigenvalue weighted by Crippen LogP contribution is 2.38. The molecule has 0 saturated heterocycles. The number of nitrogens with one attached hydrogen (secondary N) is 1. The summed E-state index contributed by atoms with van der Waals surface area (Å²) in [6.45, 7) is 2.89. The van der Waals surface area contributed by atoms with Crippen LogP contribution in [0.15, 0.2) is 42.5 Å². The Morgan fingerprint density at radius 2 is 2.05 bits per heavy atom. The minimum atomic E-state index is 0.208. The van der Waals surface area contributed by atoms with Crippen molar-refractivity contribution in [2.45, 2.75) is 13.0 Å². The number of hydrogen-bond acceptors (Lipinski definition) is 3. The summed E-state index contributed by atoms with van der Waals surface area (Å²) >= 11 is 6.19. The molecule has 0 saturated carbocycles. The van der Waals surface area contributed by atoms with E-state index in [1.165, 1.54) is 5.56 Å². The van der Waals surface area contributed by atoms with Crippen LogP contribution in [0.1, 0.15) is 18.5 Å². The lowest BCUT2D eigenvalue weighted by atomic mass is 9.92. The first kappa shape index (κ1) is 14.1. The van der Waals surface area contributed by atoms with Crippen molar-refractivity contribution in [3.05, 3.63) is 53.1 Å². The number of anilines is 1. The molecule has 2 atom stereocenters. The molecule has 1 N–H and O–H groups in total. The second-order valence-electron chi connectivity index (χ2n) is 5.30. The maximum absolute atomic E-state index is 6.19. The minimum absolute atomic E-state index is 0.208. The number of rotatable bonds is 3. The third-order valence-electron chi connectivity index (χ3n) is 3.80. The van der Waals surface area contributed by atoms with Gasteiger partial charge >= 0.3 is 0 Å². The SMILES string of the molecule is COc1ccc(NC2c3ccccc3OCC2C)cc1Cl. The average Bonchev–Trinajstić information content (AvgIpc) is 2.50. The van der Waals surface area contributed by atoms with E-state index in [1.807, 2.05) is 36.4 Å². The van der Waals surface area contributed by atoms with Gasteiger partial charge in [0.15, 0.2) is 0 Å². The fraction of sp³-hybridized carbons (Fsp3) is 0.294. The molecular formula is C17H18ClNO2. The molecule has 2 unspecified atom stereocenters. The smallest absolute Gasteiger partial charge is 0.137 e. The van der Waals surface area contributed by atoms with Gasteiger partial charge in [-0.2, -0.15) is 0 Å². The number of benzene rings is 2. The molecule has 2 aromatic rings. The number of halogens is 1. The van der Waals surface area contributed by atoms with Crippen molar-refractivity contribution in [3.8, 4) is 11.5 Å². The van der Waals surface area contributed by atoms with Crippen LogP contribution in [-0.2, 0) is 0 Å². The van der Waals surface area contributed by atoms with E-state index >= 15 is 0 Å². The molecule has 21 heavy (non-hydrogen) atoms. The van der Waals surface area contributed by atoms with Gasteiger partial charge in [-0.3, -0.25) is 0 Å². The largest absolute Gasteiger partial charge is 0.495 e. The van der Waals surface area contributed by atoms with Gasteiger partial charge in [-0.05, 0) is 24.3 Å². The third kappa shape index (κ3) is 2.79. The number of fused-ring (bicyclic) bond motifs is 1. The minimum Gasteiger partial charge on any atom is -0.495 e. The van der Waals surface area contributed by atoms with E-state index < -0.39 is 0 Å². The van der Waals surface area contributed by atoms with Crippen LogP contribution in [0.5, 0.6) is 11.5 Å². The Hall–Kier alpha value is -1.87. The summed E-state index contributed by atoms with van der Waals surface area (Å²) in [4.78, 5) is 0. The number of para-hydroxylation sites is 1. The average molecular weight is 304 g/mol. The summed E-state index contributed by atoms with van der Waals surface area (Å²) in [6.07, 6.45) is 0. The molecular weight excluding hydrogens is 286 g/mol. The first-order valence-corrected chi connectivity index (χ1v) is 7.38. The molecule has 0 aromatic heterocycles. The van der Waals surface area contributed by atoms with Gasteiger partial charge in [-0.25, -0.2) is 0 Å².